The van der Waals surface area contributed by atoms with Gasteiger partial charge in [0.05, 0.1) is 6.04 Å². The number of ether oxygens (including phenoxy) is 1. The molecule has 1 heterocycles. The van der Waals surface area contributed by atoms with Gasteiger partial charge in [0.15, 0.2) is 0 Å². The summed E-state index contributed by atoms with van der Waals surface area (Å²) in [6.07, 6.45) is -0.168. The van der Waals surface area contributed by atoms with Crippen LogP contribution >= 0.6 is 0 Å². The molecule has 5 nitrogen and oxygen atoms in total. The predicted octanol–water partition coefficient (Wildman–Crippen LogP) is 3.51. The molecule has 1 aliphatic heterocycles. The molecule has 0 saturated carbocycles. The molecule has 1 N–H and O–H groups in total. The van der Waals surface area contributed by atoms with Gasteiger partial charge in [0.2, 0.25) is 0 Å². The van der Waals surface area contributed by atoms with Crippen LogP contribution in [0.15, 0.2) is 54.6 Å². The van der Waals surface area contributed by atoms with Crippen molar-refractivity contribution in [2.45, 2.75) is 38.5 Å². The summed E-state index contributed by atoms with van der Waals surface area (Å²) in [5, 5.41) is 11.4. The number of piperidine rings is 1. The zero-order valence-electron chi connectivity index (χ0n) is 17.0. The number of carbonyl (C=O) groups is 1. The lowest BCUT2D eigenvalue weighted by Gasteiger charge is -2.40. The number of likely N-dealkylation sites (tertiary alicyclic amines) is 1. The van der Waals surface area contributed by atoms with E-state index in [1.54, 1.807) is 18.2 Å². The Morgan fingerprint density at radius 3 is 2.59 bits per heavy atom. The molecule has 6 heteroatoms. The minimum atomic E-state index is -0.925. The fourth-order valence-electron chi connectivity index (χ4n) is 4.01. The minimum Gasteiger partial charge on any atom is -0.371 e. The van der Waals surface area contributed by atoms with Crippen LogP contribution in [0.25, 0.3) is 0 Å². The maximum atomic E-state index is 13.9. The maximum Gasteiger partial charge on any atom is 0.275 e. The van der Waals surface area contributed by atoms with Crippen LogP contribution in [0.5, 0.6) is 0 Å². The number of rotatable bonds is 7. The first-order valence-corrected chi connectivity index (χ1v) is 10.0. The highest BCUT2D eigenvalue weighted by Crippen LogP contribution is 2.24. The molecule has 0 aliphatic carbocycles. The van der Waals surface area contributed by atoms with E-state index in [0.717, 1.165) is 24.7 Å². The standard InChI is InChI=1S/C23H29FN2O3/c1-17-15-25(16-18-8-4-3-5-9-18)13-12-21(17)26(28)23(27)22(29-2)14-19-10-6-7-11-20(19)24/h3-11,17,21-22,28H,12-16H2,1-2H3. The molecule has 29 heavy (non-hydrogen) atoms. The fourth-order valence-corrected chi connectivity index (χ4v) is 4.01. The van der Waals surface area contributed by atoms with Gasteiger partial charge < -0.3 is 4.74 Å². The molecular formula is C23H29FN2O3. The summed E-state index contributed by atoms with van der Waals surface area (Å²) >= 11 is 0. The number of halogens is 1. The summed E-state index contributed by atoms with van der Waals surface area (Å²) < 4.78 is 19.2. The van der Waals surface area contributed by atoms with Gasteiger partial charge in [0.25, 0.3) is 5.91 Å². The molecule has 0 bridgehead atoms. The summed E-state index contributed by atoms with van der Waals surface area (Å²) in [6.45, 7) is 4.47. The largest absolute Gasteiger partial charge is 0.371 e. The molecule has 156 valence electrons. The highest BCUT2D eigenvalue weighted by atomic mass is 19.1. The smallest absolute Gasteiger partial charge is 0.275 e. The number of carbonyl (C=O) groups excluding carboxylic acids is 1. The van der Waals surface area contributed by atoms with Gasteiger partial charge in [-0.3, -0.25) is 14.9 Å². The lowest BCUT2D eigenvalue weighted by molar-refractivity contribution is -0.195. The molecular weight excluding hydrogens is 371 g/mol. The molecule has 1 fully saturated rings. The summed E-state index contributed by atoms with van der Waals surface area (Å²) in [7, 11) is 1.41. The molecule has 1 saturated heterocycles. The zero-order valence-corrected chi connectivity index (χ0v) is 17.0. The highest BCUT2D eigenvalue weighted by Gasteiger charge is 2.35. The van der Waals surface area contributed by atoms with E-state index >= 15 is 0 Å². The van der Waals surface area contributed by atoms with E-state index in [0.29, 0.717) is 12.0 Å². The lowest BCUT2D eigenvalue weighted by Crippen LogP contribution is -2.53. The average molecular weight is 400 g/mol. The average Bonchev–Trinajstić information content (AvgIpc) is 2.73. The quantitative estimate of drug-likeness (QED) is 0.571. The van der Waals surface area contributed by atoms with Gasteiger partial charge in [-0.2, -0.15) is 0 Å². The second kappa shape index (κ2) is 9.96. The molecule has 1 aliphatic rings. The van der Waals surface area contributed by atoms with Crippen molar-refractivity contribution in [1.29, 1.82) is 0 Å². The fraction of sp³-hybridized carbons (Fsp3) is 0.435. The van der Waals surface area contributed by atoms with Crippen LogP contribution in [0, 0.1) is 11.7 Å². The SMILES string of the molecule is COC(Cc1ccccc1F)C(=O)N(O)C1CCN(Cc2ccccc2)CC1C. The summed E-state index contributed by atoms with van der Waals surface area (Å²) in [5.41, 5.74) is 1.64. The van der Waals surface area contributed by atoms with Gasteiger partial charge in [-0.15, -0.1) is 0 Å². The van der Waals surface area contributed by atoms with E-state index in [1.165, 1.54) is 18.7 Å². The summed E-state index contributed by atoms with van der Waals surface area (Å²) in [4.78, 5) is 15.2. The van der Waals surface area contributed by atoms with E-state index in [1.807, 2.05) is 25.1 Å². The van der Waals surface area contributed by atoms with Crippen LogP contribution in [0.4, 0.5) is 4.39 Å². The second-order valence-corrected chi connectivity index (χ2v) is 7.76. The van der Waals surface area contributed by atoms with Crippen LogP contribution in [0.3, 0.4) is 0 Å². The van der Waals surface area contributed by atoms with E-state index in [4.69, 9.17) is 4.74 Å². The van der Waals surface area contributed by atoms with Gasteiger partial charge in [0, 0.05) is 33.2 Å². The van der Waals surface area contributed by atoms with Crippen molar-refractivity contribution in [3.63, 3.8) is 0 Å². The van der Waals surface area contributed by atoms with Gasteiger partial charge in [-0.05, 0) is 29.5 Å². The van der Waals surface area contributed by atoms with Crippen molar-refractivity contribution < 1.29 is 19.1 Å². The zero-order chi connectivity index (χ0) is 20.8. The number of hydrogen-bond donors (Lipinski definition) is 1. The Hall–Kier alpha value is -2.28. The van der Waals surface area contributed by atoms with Gasteiger partial charge >= 0.3 is 0 Å². The first-order valence-electron chi connectivity index (χ1n) is 10.0. The van der Waals surface area contributed by atoms with Crippen LogP contribution in [0.2, 0.25) is 0 Å². The molecule has 3 atom stereocenters. The third-order valence-corrected chi connectivity index (χ3v) is 5.66. The Balaban J connectivity index is 1.59. The number of hydroxylamine groups is 2. The Bertz CT molecular complexity index is 802. The second-order valence-electron chi connectivity index (χ2n) is 7.76. The topological polar surface area (TPSA) is 53.0 Å². The van der Waals surface area contributed by atoms with Crippen molar-refractivity contribution in [3.05, 3.63) is 71.5 Å². The highest BCUT2D eigenvalue weighted by molar-refractivity contribution is 5.80. The molecule has 0 radical (unpaired) electrons. The third kappa shape index (κ3) is 5.41. The number of nitrogens with zero attached hydrogens (tertiary/aromatic N) is 2. The van der Waals surface area contributed by atoms with Gasteiger partial charge in [0.1, 0.15) is 11.9 Å². The third-order valence-electron chi connectivity index (χ3n) is 5.66. The van der Waals surface area contributed by atoms with Crippen LogP contribution in [-0.2, 0) is 22.5 Å². The lowest BCUT2D eigenvalue weighted by atomic mass is 9.92. The minimum absolute atomic E-state index is 0.0836. The van der Waals surface area contributed by atoms with Crippen LogP contribution in [0.1, 0.15) is 24.5 Å². The molecule has 1 amide bonds. The molecule has 3 rings (SSSR count). The predicted molar refractivity (Wildman–Crippen MR) is 109 cm³/mol. The Morgan fingerprint density at radius 2 is 1.93 bits per heavy atom. The molecule has 0 aromatic heterocycles. The van der Waals surface area contributed by atoms with E-state index < -0.39 is 12.0 Å². The number of hydrogen-bond acceptors (Lipinski definition) is 4. The van der Waals surface area contributed by atoms with Crippen LogP contribution in [-0.4, -0.2) is 53.4 Å². The first-order chi connectivity index (χ1) is 14.0. The van der Waals surface area contributed by atoms with Crippen molar-refractivity contribution >= 4 is 5.91 Å². The van der Waals surface area contributed by atoms with Crippen molar-refractivity contribution in [1.82, 2.24) is 9.96 Å². The monoisotopic (exact) mass is 400 g/mol. The van der Waals surface area contributed by atoms with Crippen LogP contribution < -0.4 is 0 Å². The van der Waals surface area contributed by atoms with Crippen molar-refractivity contribution in [2.24, 2.45) is 5.92 Å². The van der Waals surface area contributed by atoms with E-state index in [-0.39, 0.29) is 24.2 Å². The molecule has 2 aromatic rings. The maximum absolute atomic E-state index is 13.9. The molecule has 2 aromatic carbocycles. The first kappa shape index (κ1) is 21.4. The van der Waals surface area contributed by atoms with Gasteiger partial charge in [-0.1, -0.05) is 55.5 Å². The van der Waals surface area contributed by atoms with Crippen molar-refractivity contribution in [3.8, 4) is 0 Å². The summed E-state index contributed by atoms with van der Waals surface area (Å²) in [6, 6.07) is 16.3. The number of methoxy groups -OCH3 is 1. The van der Waals surface area contributed by atoms with E-state index in [2.05, 4.69) is 17.0 Å². The Morgan fingerprint density at radius 1 is 1.24 bits per heavy atom. The normalized spacial score (nSPS) is 21.0. The number of amides is 1. The Kier molecular flexibility index (Phi) is 7.36. The Labute approximate surface area is 171 Å². The van der Waals surface area contributed by atoms with Gasteiger partial charge in [-0.25, -0.2) is 9.45 Å². The van der Waals surface area contributed by atoms with E-state index in [9.17, 15) is 14.4 Å². The summed E-state index contributed by atoms with van der Waals surface area (Å²) in [5.74, 6) is -0.800. The molecule has 3 unspecified atom stereocenters. The number of benzene rings is 2. The molecule has 0 spiro atoms. The van der Waals surface area contributed by atoms with Crippen molar-refractivity contribution in [2.75, 3.05) is 20.2 Å².